The van der Waals surface area contributed by atoms with E-state index in [4.69, 9.17) is 0 Å². The van der Waals surface area contributed by atoms with Crippen molar-refractivity contribution in [1.82, 2.24) is 5.32 Å². The summed E-state index contributed by atoms with van der Waals surface area (Å²) in [4.78, 5) is 23.6. The predicted octanol–water partition coefficient (Wildman–Crippen LogP) is 1.49. The average molecular weight is 223 g/mol. The van der Waals surface area contributed by atoms with Crippen LogP contribution in [0.3, 0.4) is 0 Å². The SMILES string of the molecule is COC(=O)NC12C[C@@H]3CC(C[C@@H](C3)C1)C2=O. The molecule has 4 rings (SSSR count). The van der Waals surface area contributed by atoms with Crippen LogP contribution in [0.15, 0.2) is 0 Å². The Kier molecular flexibility index (Phi) is 2.03. The number of hydrogen-bond acceptors (Lipinski definition) is 3. The van der Waals surface area contributed by atoms with Gasteiger partial charge in [0, 0.05) is 5.92 Å². The lowest BCUT2D eigenvalue weighted by Gasteiger charge is -2.54. The van der Waals surface area contributed by atoms with Crippen LogP contribution < -0.4 is 5.32 Å². The maximum atomic E-state index is 12.3. The molecule has 0 aromatic heterocycles. The highest BCUT2D eigenvalue weighted by atomic mass is 16.5. The zero-order valence-corrected chi connectivity index (χ0v) is 9.49. The van der Waals surface area contributed by atoms with Crippen LogP contribution in [0.25, 0.3) is 0 Å². The molecule has 4 aliphatic rings. The topological polar surface area (TPSA) is 55.4 Å². The number of ether oxygens (including phenoxy) is 1. The van der Waals surface area contributed by atoms with Crippen LogP contribution in [0.1, 0.15) is 32.1 Å². The Morgan fingerprint density at radius 1 is 1.31 bits per heavy atom. The Morgan fingerprint density at radius 2 is 1.94 bits per heavy atom. The van der Waals surface area contributed by atoms with E-state index < -0.39 is 11.6 Å². The first-order valence-electron chi connectivity index (χ1n) is 6.03. The molecule has 0 aromatic carbocycles. The van der Waals surface area contributed by atoms with Crippen molar-refractivity contribution in [2.75, 3.05) is 7.11 Å². The maximum Gasteiger partial charge on any atom is 0.407 e. The summed E-state index contributed by atoms with van der Waals surface area (Å²) in [5.41, 5.74) is -0.582. The molecular weight excluding hydrogens is 206 g/mol. The second kappa shape index (κ2) is 3.22. The average Bonchev–Trinajstić information content (AvgIpc) is 2.24. The summed E-state index contributed by atoms with van der Waals surface area (Å²) < 4.78 is 4.64. The number of Topliss-reactive ketones (excluding diaryl/α,β-unsaturated/α-hetero) is 1. The first kappa shape index (κ1) is 10.1. The standard InChI is InChI=1S/C12H17NO3/c1-16-11(15)13-12-5-7-2-8(6-12)4-9(3-7)10(12)14/h7-9H,2-6H2,1H3,(H,13,15)/t7-,8+,9?,12?. The molecule has 16 heavy (non-hydrogen) atoms. The van der Waals surface area contributed by atoms with Crippen LogP contribution in [0.4, 0.5) is 4.79 Å². The summed E-state index contributed by atoms with van der Waals surface area (Å²) in [7, 11) is 1.35. The van der Waals surface area contributed by atoms with E-state index in [1.165, 1.54) is 13.5 Å². The number of ketones is 1. The molecule has 0 heterocycles. The highest BCUT2D eigenvalue weighted by Gasteiger charge is 2.57. The Morgan fingerprint density at radius 3 is 2.50 bits per heavy atom. The fourth-order valence-electron chi connectivity index (χ4n) is 4.18. The van der Waals surface area contributed by atoms with Gasteiger partial charge in [-0.25, -0.2) is 4.79 Å². The number of hydrogen-bond donors (Lipinski definition) is 1. The fourth-order valence-corrected chi connectivity index (χ4v) is 4.18. The summed E-state index contributed by atoms with van der Waals surface area (Å²) in [5, 5.41) is 2.81. The largest absolute Gasteiger partial charge is 0.453 e. The number of methoxy groups -OCH3 is 1. The van der Waals surface area contributed by atoms with E-state index in [0.717, 1.165) is 25.7 Å². The maximum absolute atomic E-state index is 12.3. The van der Waals surface area contributed by atoms with E-state index in [0.29, 0.717) is 11.8 Å². The number of carbonyl (C=O) groups is 2. The van der Waals surface area contributed by atoms with Crippen LogP contribution in [-0.4, -0.2) is 24.5 Å². The highest BCUT2D eigenvalue weighted by molar-refractivity contribution is 5.95. The summed E-state index contributed by atoms with van der Waals surface area (Å²) in [5.74, 6) is 1.72. The van der Waals surface area contributed by atoms with E-state index in [2.05, 4.69) is 10.1 Å². The van der Waals surface area contributed by atoms with E-state index in [9.17, 15) is 9.59 Å². The molecule has 2 unspecified atom stereocenters. The molecule has 0 aliphatic heterocycles. The third kappa shape index (κ3) is 1.28. The molecule has 88 valence electrons. The third-order valence-corrected chi connectivity index (χ3v) is 4.55. The van der Waals surface area contributed by atoms with E-state index in [-0.39, 0.29) is 11.7 Å². The molecular formula is C12H17NO3. The Hall–Kier alpha value is -1.06. The zero-order chi connectivity index (χ0) is 11.3. The van der Waals surface area contributed by atoms with Crippen molar-refractivity contribution < 1.29 is 14.3 Å². The summed E-state index contributed by atoms with van der Waals surface area (Å²) in [6.07, 6.45) is 4.52. The highest BCUT2D eigenvalue weighted by Crippen LogP contribution is 2.53. The number of rotatable bonds is 1. The minimum absolute atomic E-state index is 0.198. The molecule has 4 bridgehead atoms. The summed E-state index contributed by atoms with van der Waals surface area (Å²) >= 11 is 0. The molecule has 4 atom stereocenters. The molecule has 4 fully saturated rings. The van der Waals surface area contributed by atoms with Gasteiger partial charge in [0.25, 0.3) is 0 Å². The van der Waals surface area contributed by atoms with Crippen molar-refractivity contribution in [3.63, 3.8) is 0 Å². The van der Waals surface area contributed by atoms with Gasteiger partial charge < -0.3 is 10.1 Å². The van der Waals surface area contributed by atoms with E-state index in [1.54, 1.807) is 0 Å². The number of nitrogens with one attached hydrogen (secondary N) is 1. The molecule has 1 N–H and O–H groups in total. The number of alkyl carbamates (subject to hydrolysis) is 1. The van der Waals surface area contributed by atoms with Crippen LogP contribution in [0, 0.1) is 17.8 Å². The van der Waals surface area contributed by atoms with Crippen molar-refractivity contribution in [3.05, 3.63) is 0 Å². The smallest absolute Gasteiger partial charge is 0.407 e. The van der Waals surface area contributed by atoms with Gasteiger partial charge in [-0.2, -0.15) is 0 Å². The molecule has 0 saturated heterocycles. The molecule has 0 aromatic rings. The molecule has 4 heteroatoms. The molecule has 0 spiro atoms. The van der Waals surface area contributed by atoms with Gasteiger partial charge >= 0.3 is 6.09 Å². The van der Waals surface area contributed by atoms with Gasteiger partial charge in [-0.15, -0.1) is 0 Å². The Bertz CT molecular complexity index is 338. The number of carbonyl (C=O) groups excluding carboxylic acids is 2. The van der Waals surface area contributed by atoms with Crippen molar-refractivity contribution >= 4 is 11.9 Å². The number of amides is 1. The van der Waals surface area contributed by atoms with Gasteiger partial charge in [-0.05, 0) is 43.9 Å². The first-order chi connectivity index (χ1) is 7.63. The van der Waals surface area contributed by atoms with Gasteiger partial charge in [-0.3, -0.25) is 4.79 Å². The molecule has 0 radical (unpaired) electrons. The van der Waals surface area contributed by atoms with E-state index in [1.807, 2.05) is 0 Å². The van der Waals surface area contributed by atoms with Crippen molar-refractivity contribution in [1.29, 1.82) is 0 Å². The van der Waals surface area contributed by atoms with Gasteiger partial charge in [0.2, 0.25) is 0 Å². The second-order valence-electron chi connectivity index (χ2n) is 5.61. The molecule has 1 amide bonds. The Balaban J connectivity index is 1.88. The van der Waals surface area contributed by atoms with Gasteiger partial charge in [0.1, 0.15) is 5.54 Å². The van der Waals surface area contributed by atoms with Crippen molar-refractivity contribution in [3.8, 4) is 0 Å². The Labute approximate surface area is 94.7 Å². The summed E-state index contributed by atoms with van der Waals surface area (Å²) in [6, 6.07) is 0. The van der Waals surface area contributed by atoms with Gasteiger partial charge in [0.15, 0.2) is 5.78 Å². The van der Waals surface area contributed by atoms with Crippen LogP contribution in [-0.2, 0) is 9.53 Å². The van der Waals surface area contributed by atoms with Gasteiger partial charge in [-0.1, -0.05) is 0 Å². The fraction of sp³-hybridized carbons (Fsp3) is 0.833. The van der Waals surface area contributed by atoms with E-state index >= 15 is 0 Å². The zero-order valence-electron chi connectivity index (χ0n) is 9.49. The molecule has 4 nitrogen and oxygen atoms in total. The lowest BCUT2D eigenvalue weighted by Crippen LogP contribution is -2.66. The third-order valence-electron chi connectivity index (χ3n) is 4.55. The van der Waals surface area contributed by atoms with Crippen molar-refractivity contribution in [2.24, 2.45) is 17.8 Å². The van der Waals surface area contributed by atoms with Crippen molar-refractivity contribution in [2.45, 2.75) is 37.6 Å². The molecule has 4 saturated carbocycles. The summed E-state index contributed by atoms with van der Waals surface area (Å²) in [6.45, 7) is 0. The van der Waals surface area contributed by atoms with Crippen LogP contribution in [0.5, 0.6) is 0 Å². The molecule has 4 aliphatic carbocycles. The minimum atomic E-state index is -0.582. The monoisotopic (exact) mass is 223 g/mol. The lowest BCUT2D eigenvalue weighted by atomic mass is 9.52. The lowest BCUT2D eigenvalue weighted by molar-refractivity contribution is -0.144. The normalized spacial score (nSPS) is 44.6. The van der Waals surface area contributed by atoms with Crippen LogP contribution in [0.2, 0.25) is 0 Å². The quantitative estimate of drug-likeness (QED) is 0.732. The van der Waals surface area contributed by atoms with Crippen LogP contribution >= 0.6 is 0 Å². The first-order valence-corrected chi connectivity index (χ1v) is 6.03. The second-order valence-corrected chi connectivity index (χ2v) is 5.61. The minimum Gasteiger partial charge on any atom is -0.453 e. The van der Waals surface area contributed by atoms with Gasteiger partial charge in [0.05, 0.1) is 7.11 Å². The predicted molar refractivity (Wildman–Crippen MR) is 56.8 cm³/mol.